The van der Waals surface area contributed by atoms with Gasteiger partial charge in [-0.3, -0.25) is 14.5 Å². The lowest BCUT2D eigenvalue weighted by molar-refractivity contribution is -0.121. The molecule has 3 amide bonds. The molecular formula is C16H16FN3O5. The number of carbonyl (C=O) groups excluding carboxylic acids is 3. The summed E-state index contributed by atoms with van der Waals surface area (Å²) < 4.78 is 25.4. The van der Waals surface area contributed by atoms with E-state index in [-0.39, 0.29) is 42.4 Å². The maximum atomic E-state index is 14.6. The van der Waals surface area contributed by atoms with Crippen LogP contribution in [0.5, 0.6) is 5.75 Å². The molecular weight excluding hydrogens is 333 g/mol. The van der Waals surface area contributed by atoms with Crippen LogP contribution in [0.4, 0.5) is 20.6 Å². The molecule has 1 aromatic carbocycles. The van der Waals surface area contributed by atoms with Gasteiger partial charge in [-0.25, -0.2) is 9.18 Å². The SMILES string of the molecule is CC(=O)NC[C@@H]1OC(=O)N2c3cc(F)c4c(c3C[C@@H]12)OCC(=O)N4C. The van der Waals surface area contributed by atoms with Crippen LogP contribution in [0.1, 0.15) is 12.5 Å². The average Bonchev–Trinajstić information content (AvgIpc) is 3.07. The third-order valence-electron chi connectivity index (χ3n) is 4.77. The van der Waals surface area contributed by atoms with Crippen LogP contribution >= 0.6 is 0 Å². The largest absolute Gasteiger partial charge is 0.481 e. The zero-order chi connectivity index (χ0) is 17.9. The molecule has 132 valence electrons. The van der Waals surface area contributed by atoms with Crippen molar-refractivity contribution in [2.24, 2.45) is 0 Å². The second kappa shape index (κ2) is 5.33. The molecule has 1 N–H and O–H groups in total. The van der Waals surface area contributed by atoms with Crippen molar-refractivity contribution in [1.82, 2.24) is 5.32 Å². The Morgan fingerprint density at radius 1 is 1.44 bits per heavy atom. The number of carbonyl (C=O) groups is 3. The predicted molar refractivity (Wildman–Crippen MR) is 84.2 cm³/mol. The number of rotatable bonds is 2. The summed E-state index contributed by atoms with van der Waals surface area (Å²) in [5, 5.41) is 2.63. The molecule has 2 atom stereocenters. The van der Waals surface area contributed by atoms with Gasteiger partial charge >= 0.3 is 6.09 Å². The van der Waals surface area contributed by atoms with Crippen molar-refractivity contribution < 1.29 is 28.2 Å². The number of cyclic esters (lactones) is 1. The molecule has 1 fully saturated rings. The Labute approximate surface area is 142 Å². The Hall–Kier alpha value is -2.84. The Morgan fingerprint density at radius 3 is 2.92 bits per heavy atom. The standard InChI is InChI=1S/C16H16FN3O5/c1-7(21)18-5-12-11-3-8-10(20(11)16(23)25-12)4-9(17)14-15(8)24-6-13(22)19(14)2/h4,11-12H,3,5-6H2,1-2H3,(H,18,21)/t11-,12-/m0/s1. The van der Waals surface area contributed by atoms with E-state index in [0.717, 1.165) is 0 Å². The fourth-order valence-electron chi connectivity index (χ4n) is 3.58. The first-order chi connectivity index (χ1) is 11.9. The van der Waals surface area contributed by atoms with Crippen LogP contribution < -0.4 is 19.9 Å². The zero-order valence-corrected chi connectivity index (χ0v) is 13.7. The Bertz CT molecular complexity index is 811. The van der Waals surface area contributed by atoms with E-state index in [9.17, 15) is 18.8 Å². The topological polar surface area (TPSA) is 88.2 Å². The lowest BCUT2D eigenvalue weighted by Crippen LogP contribution is -2.40. The molecule has 0 radical (unpaired) electrons. The number of nitrogens with one attached hydrogen (secondary N) is 1. The number of hydrogen-bond donors (Lipinski definition) is 1. The van der Waals surface area contributed by atoms with Crippen molar-refractivity contribution >= 4 is 29.3 Å². The van der Waals surface area contributed by atoms with Crippen molar-refractivity contribution in [2.45, 2.75) is 25.5 Å². The first-order valence-corrected chi connectivity index (χ1v) is 7.87. The third kappa shape index (κ3) is 2.22. The molecule has 25 heavy (non-hydrogen) atoms. The minimum atomic E-state index is -0.636. The predicted octanol–water partition coefficient (Wildman–Crippen LogP) is 0.567. The smallest absolute Gasteiger partial charge is 0.415 e. The fraction of sp³-hybridized carbons (Fsp3) is 0.438. The van der Waals surface area contributed by atoms with E-state index in [4.69, 9.17) is 9.47 Å². The number of anilines is 2. The molecule has 0 spiro atoms. The number of fused-ring (bicyclic) bond motifs is 5. The van der Waals surface area contributed by atoms with E-state index in [1.165, 1.54) is 29.8 Å². The highest BCUT2D eigenvalue weighted by molar-refractivity contribution is 6.01. The summed E-state index contributed by atoms with van der Waals surface area (Å²) >= 11 is 0. The van der Waals surface area contributed by atoms with Crippen LogP contribution in [-0.4, -0.2) is 50.3 Å². The Balaban J connectivity index is 1.73. The van der Waals surface area contributed by atoms with Crippen LogP contribution in [-0.2, 0) is 20.7 Å². The van der Waals surface area contributed by atoms with Crippen LogP contribution in [0.15, 0.2) is 6.07 Å². The lowest BCUT2D eigenvalue weighted by atomic mass is 10.0. The summed E-state index contributed by atoms with van der Waals surface area (Å²) in [7, 11) is 1.49. The van der Waals surface area contributed by atoms with Gasteiger partial charge in [0.2, 0.25) is 5.91 Å². The maximum Gasteiger partial charge on any atom is 0.415 e. The average molecular weight is 349 g/mol. The third-order valence-corrected chi connectivity index (χ3v) is 4.77. The number of ether oxygens (including phenoxy) is 2. The number of benzene rings is 1. The molecule has 1 saturated heterocycles. The number of likely N-dealkylation sites (N-methyl/N-ethyl adjacent to an activating group) is 1. The van der Waals surface area contributed by atoms with Crippen molar-refractivity contribution in [1.29, 1.82) is 0 Å². The van der Waals surface area contributed by atoms with Gasteiger partial charge in [-0.05, 0) is 0 Å². The molecule has 4 rings (SSSR count). The maximum absolute atomic E-state index is 14.6. The van der Waals surface area contributed by atoms with Crippen LogP contribution in [0.3, 0.4) is 0 Å². The minimum Gasteiger partial charge on any atom is -0.481 e. The summed E-state index contributed by atoms with van der Waals surface area (Å²) in [6.07, 6.45) is -0.722. The molecule has 0 unspecified atom stereocenters. The van der Waals surface area contributed by atoms with Gasteiger partial charge in [0, 0.05) is 32.0 Å². The fourth-order valence-corrected chi connectivity index (χ4v) is 3.58. The van der Waals surface area contributed by atoms with Crippen molar-refractivity contribution in [2.75, 3.05) is 30.0 Å². The monoisotopic (exact) mass is 349 g/mol. The second-order valence-electron chi connectivity index (χ2n) is 6.28. The number of halogens is 1. The molecule has 0 bridgehead atoms. The molecule has 3 aliphatic heterocycles. The summed E-state index contributed by atoms with van der Waals surface area (Å²) in [6, 6.07) is 0.876. The normalized spacial score (nSPS) is 23.6. The van der Waals surface area contributed by atoms with Crippen LogP contribution in [0, 0.1) is 5.82 Å². The minimum absolute atomic E-state index is 0.0861. The van der Waals surface area contributed by atoms with Crippen molar-refractivity contribution in [3.8, 4) is 5.75 Å². The molecule has 3 aliphatic rings. The zero-order valence-electron chi connectivity index (χ0n) is 13.7. The quantitative estimate of drug-likeness (QED) is 0.843. The highest BCUT2D eigenvalue weighted by Crippen LogP contribution is 2.49. The van der Waals surface area contributed by atoms with Gasteiger partial charge in [0.1, 0.15) is 11.8 Å². The van der Waals surface area contributed by atoms with E-state index in [1.54, 1.807) is 0 Å². The molecule has 0 saturated carbocycles. The van der Waals surface area contributed by atoms with E-state index in [2.05, 4.69) is 5.32 Å². The first-order valence-electron chi connectivity index (χ1n) is 7.87. The Kier molecular flexibility index (Phi) is 3.34. The van der Waals surface area contributed by atoms with Crippen molar-refractivity contribution in [3.63, 3.8) is 0 Å². The summed E-state index contributed by atoms with van der Waals surface area (Å²) in [5.41, 5.74) is 1.15. The van der Waals surface area contributed by atoms with Gasteiger partial charge in [-0.1, -0.05) is 0 Å². The van der Waals surface area contributed by atoms with Crippen LogP contribution in [0.2, 0.25) is 0 Å². The molecule has 0 aliphatic carbocycles. The van der Waals surface area contributed by atoms with Gasteiger partial charge in [0.05, 0.1) is 18.3 Å². The Morgan fingerprint density at radius 2 is 2.20 bits per heavy atom. The summed E-state index contributed by atoms with van der Waals surface area (Å²) in [6.45, 7) is 1.38. The van der Waals surface area contributed by atoms with Crippen LogP contribution in [0.25, 0.3) is 0 Å². The van der Waals surface area contributed by atoms with E-state index >= 15 is 0 Å². The molecule has 8 nitrogen and oxygen atoms in total. The van der Waals surface area contributed by atoms with Gasteiger partial charge < -0.3 is 19.7 Å². The van der Waals surface area contributed by atoms with Gasteiger partial charge in [-0.2, -0.15) is 0 Å². The highest BCUT2D eigenvalue weighted by Gasteiger charge is 2.50. The molecule has 9 heteroatoms. The van der Waals surface area contributed by atoms with Gasteiger partial charge in [0.15, 0.2) is 18.2 Å². The van der Waals surface area contributed by atoms with E-state index in [0.29, 0.717) is 17.7 Å². The number of nitrogens with zero attached hydrogens (tertiary/aromatic N) is 2. The lowest BCUT2D eigenvalue weighted by Gasteiger charge is -2.28. The summed E-state index contributed by atoms with van der Waals surface area (Å²) in [4.78, 5) is 37.7. The molecule has 1 aromatic rings. The highest BCUT2D eigenvalue weighted by atomic mass is 19.1. The molecule has 0 aromatic heterocycles. The van der Waals surface area contributed by atoms with Gasteiger partial charge in [-0.15, -0.1) is 0 Å². The summed E-state index contributed by atoms with van der Waals surface area (Å²) in [5.74, 6) is -0.912. The first kappa shape index (κ1) is 15.7. The van der Waals surface area contributed by atoms with Gasteiger partial charge in [0.25, 0.3) is 5.91 Å². The van der Waals surface area contributed by atoms with E-state index < -0.39 is 18.0 Å². The number of amides is 3. The number of hydrogen-bond acceptors (Lipinski definition) is 5. The second-order valence-corrected chi connectivity index (χ2v) is 6.28. The molecule has 3 heterocycles. The van der Waals surface area contributed by atoms with E-state index in [1.807, 2.05) is 0 Å². The van der Waals surface area contributed by atoms with Crippen molar-refractivity contribution in [3.05, 3.63) is 17.4 Å².